The first kappa shape index (κ1) is 14.7. The van der Waals surface area contributed by atoms with Gasteiger partial charge in [-0.2, -0.15) is 4.98 Å². The van der Waals surface area contributed by atoms with E-state index >= 15 is 0 Å². The highest BCUT2D eigenvalue weighted by molar-refractivity contribution is 7.13. The Morgan fingerprint density at radius 3 is 3.19 bits per heavy atom. The highest BCUT2D eigenvalue weighted by atomic mass is 32.1. The van der Waals surface area contributed by atoms with Gasteiger partial charge >= 0.3 is 0 Å². The van der Waals surface area contributed by atoms with E-state index in [9.17, 15) is 0 Å². The van der Waals surface area contributed by atoms with Crippen LogP contribution in [0.15, 0.2) is 22.0 Å². The second-order valence-electron chi connectivity index (χ2n) is 5.46. The minimum atomic E-state index is 0.579. The summed E-state index contributed by atoms with van der Waals surface area (Å²) in [7, 11) is 0. The molecule has 21 heavy (non-hydrogen) atoms. The Morgan fingerprint density at radius 1 is 1.52 bits per heavy atom. The zero-order chi connectivity index (χ0) is 14.5. The van der Waals surface area contributed by atoms with Gasteiger partial charge in [-0.1, -0.05) is 18.1 Å². The Balaban J connectivity index is 1.67. The largest absolute Gasteiger partial charge is 0.338 e. The van der Waals surface area contributed by atoms with Gasteiger partial charge in [-0.15, -0.1) is 11.3 Å². The monoisotopic (exact) mass is 306 g/mol. The third kappa shape index (κ3) is 3.70. The molecule has 0 saturated carbocycles. The molecule has 0 amide bonds. The number of aromatic nitrogens is 2. The van der Waals surface area contributed by atoms with E-state index in [0.717, 1.165) is 43.4 Å². The quantitative estimate of drug-likeness (QED) is 0.889. The zero-order valence-electron chi connectivity index (χ0n) is 12.4. The van der Waals surface area contributed by atoms with Crippen LogP contribution in [0.25, 0.3) is 10.7 Å². The molecule has 2 aromatic rings. The SMILES string of the molecule is CCCN(Cc1nc(-c2cccs2)no1)C1CCCNC1. The van der Waals surface area contributed by atoms with Crippen LogP contribution in [-0.4, -0.2) is 40.7 Å². The molecule has 0 aliphatic carbocycles. The van der Waals surface area contributed by atoms with Crippen LogP contribution in [-0.2, 0) is 6.54 Å². The Morgan fingerprint density at radius 2 is 2.48 bits per heavy atom. The predicted molar refractivity (Wildman–Crippen MR) is 84.2 cm³/mol. The highest BCUT2D eigenvalue weighted by Gasteiger charge is 2.22. The number of thiophene rings is 1. The van der Waals surface area contributed by atoms with Crippen LogP contribution >= 0.6 is 11.3 Å². The van der Waals surface area contributed by atoms with Crippen molar-refractivity contribution in [1.82, 2.24) is 20.4 Å². The number of hydrogen-bond donors (Lipinski definition) is 1. The second kappa shape index (κ2) is 7.15. The molecule has 1 saturated heterocycles. The molecule has 1 unspecified atom stereocenters. The van der Waals surface area contributed by atoms with Crippen molar-refractivity contribution in [2.24, 2.45) is 0 Å². The molecular weight excluding hydrogens is 284 g/mol. The fourth-order valence-electron chi connectivity index (χ4n) is 2.82. The minimum absolute atomic E-state index is 0.579. The summed E-state index contributed by atoms with van der Waals surface area (Å²) in [6, 6.07) is 4.61. The van der Waals surface area contributed by atoms with Crippen molar-refractivity contribution in [3.05, 3.63) is 23.4 Å². The van der Waals surface area contributed by atoms with E-state index in [4.69, 9.17) is 4.52 Å². The molecular formula is C15H22N4OS. The maximum Gasteiger partial charge on any atom is 0.241 e. The van der Waals surface area contributed by atoms with Gasteiger partial charge < -0.3 is 9.84 Å². The van der Waals surface area contributed by atoms with Crippen LogP contribution in [0.4, 0.5) is 0 Å². The molecule has 1 aliphatic heterocycles. The molecule has 1 aliphatic rings. The summed E-state index contributed by atoms with van der Waals surface area (Å²) in [5, 5.41) is 9.61. The first-order valence-corrected chi connectivity index (χ1v) is 8.56. The van der Waals surface area contributed by atoms with E-state index in [1.54, 1.807) is 11.3 Å². The van der Waals surface area contributed by atoms with Crippen LogP contribution in [0.5, 0.6) is 0 Å². The van der Waals surface area contributed by atoms with Gasteiger partial charge in [0.25, 0.3) is 0 Å². The van der Waals surface area contributed by atoms with E-state index < -0.39 is 0 Å². The Hall–Kier alpha value is -1.24. The van der Waals surface area contributed by atoms with Gasteiger partial charge in [0.05, 0.1) is 11.4 Å². The van der Waals surface area contributed by atoms with Gasteiger partial charge in [-0.3, -0.25) is 4.90 Å². The third-order valence-electron chi connectivity index (χ3n) is 3.85. The van der Waals surface area contributed by atoms with Gasteiger partial charge in [0.1, 0.15) is 0 Å². The zero-order valence-corrected chi connectivity index (χ0v) is 13.2. The number of piperidine rings is 1. The van der Waals surface area contributed by atoms with Crippen LogP contribution in [0.2, 0.25) is 0 Å². The standard InChI is InChI=1S/C15H22N4OS/c1-2-8-19(12-5-3-7-16-10-12)11-14-17-15(18-20-14)13-6-4-9-21-13/h4,6,9,12,16H,2-3,5,7-8,10-11H2,1H3. The lowest BCUT2D eigenvalue weighted by Gasteiger charge is -2.33. The van der Waals surface area contributed by atoms with Crippen LogP contribution < -0.4 is 5.32 Å². The van der Waals surface area contributed by atoms with Gasteiger partial charge in [0.2, 0.25) is 11.7 Å². The molecule has 5 nitrogen and oxygen atoms in total. The van der Waals surface area contributed by atoms with E-state index in [1.165, 1.54) is 12.8 Å². The molecule has 6 heteroatoms. The van der Waals surface area contributed by atoms with Gasteiger partial charge in [0, 0.05) is 12.6 Å². The first-order chi connectivity index (χ1) is 10.4. The van der Waals surface area contributed by atoms with Crippen molar-refractivity contribution in [3.63, 3.8) is 0 Å². The molecule has 3 heterocycles. The van der Waals surface area contributed by atoms with Gasteiger partial charge in [0.15, 0.2) is 0 Å². The first-order valence-electron chi connectivity index (χ1n) is 7.68. The predicted octanol–water partition coefficient (Wildman–Crippen LogP) is 2.76. The molecule has 0 aromatic carbocycles. The van der Waals surface area contributed by atoms with Crippen LogP contribution in [0.1, 0.15) is 32.1 Å². The lowest BCUT2D eigenvalue weighted by atomic mass is 10.1. The summed E-state index contributed by atoms with van der Waals surface area (Å²) in [4.78, 5) is 8.07. The molecule has 0 radical (unpaired) electrons. The molecule has 1 atom stereocenters. The lowest BCUT2D eigenvalue weighted by molar-refractivity contribution is 0.140. The molecule has 0 spiro atoms. The van der Waals surface area contributed by atoms with Crippen molar-refractivity contribution in [2.75, 3.05) is 19.6 Å². The van der Waals surface area contributed by atoms with Gasteiger partial charge in [-0.25, -0.2) is 0 Å². The fraction of sp³-hybridized carbons (Fsp3) is 0.600. The van der Waals surface area contributed by atoms with Gasteiger partial charge in [-0.05, 0) is 43.8 Å². The lowest BCUT2D eigenvalue weighted by Crippen LogP contribution is -2.45. The van der Waals surface area contributed by atoms with Crippen molar-refractivity contribution in [2.45, 2.75) is 38.8 Å². The van der Waals surface area contributed by atoms with Crippen molar-refractivity contribution >= 4 is 11.3 Å². The number of hydrogen-bond acceptors (Lipinski definition) is 6. The molecule has 0 bridgehead atoms. The van der Waals surface area contributed by atoms with Crippen LogP contribution in [0.3, 0.4) is 0 Å². The smallest absolute Gasteiger partial charge is 0.241 e. The van der Waals surface area contributed by atoms with Crippen molar-refractivity contribution in [1.29, 1.82) is 0 Å². The Kier molecular flexibility index (Phi) is 5.00. The summed E-state index contributed by atoms with van der Waals surface area (Å²) < 4.78 is 5.44. The van der Waals surface area contributed by atoms with E-state index in [0.29, 0.717) is 11.9 Å². The normalized spacial score (nSPS) is 19.2. The summed E-state index contributed by atoms with van der Waals surface area (Å²) in [5.41, 5.74) is 0. The Bertz CT molecular complexity index is 534. The average Bonchev–Trinajstić information content (AvgIpc) is 3.19. The maximum absolute atomic E-state index is 5.44. The molecule has 3 rings (SSSR count). The minimum Gasteiger partial charge on any atom is -0.338 e. The summed E-state index contributed by atoms with van der Waals surface area (Å²) >= 11 is 1.64. The summed E-state index contributed by atoms with van der Waals surface area (Å²) in [5.74, 6) is 1.43. The van der Waals surface area contributed by atoms with E-state index in [1.807, 2.05) is 17.5 Å². The van der Waals surface area contributed by atoms with Crippen LogP contribution in [0, 0.1) is 0 Å². The highest BCUT2D eigenvalue weighted by Crippen LogP contribution is 2.22. The summed E-state index contributed by atoms with van der Waals surface area (Å²) in [6.45, 7) is 6.24. The van der Waals surface area contributed by atoms with Crippen molar-refractivity contribution in [3.8, 4) is 10.7 Å². The summed E-state index contributed by atoms with van der Waals surface area (Å²) in [6.07, 6.45) is 3.64. The number of nitrogens with zero attached hydrogens (tertiary/aromatic N) is 3. The van der Waals surface area contributed by atoms with Crippen molar-refractivity contribution < 1.29 is 4.52 Å². The molecule has 114 valence electrons. The molecule has 1 fully saturated rings. The molecule has 1 N–H and O–H groups in total. The maximum atomic E-state index is 5.44. The van der Waals surface area contributed by atoms with E-state index in [2.05, 4.69) is 27.3 Å². The number of nitrogens with one attached hydrogen (secondary N) is 1. The fourth-order valence-corrected chi connectivity index (χ4v) is 3.47. The topological polar surface area (TPSA) is 54.2 Å². The molecule has 2 aromatic heterocycles. The average molecular weight is 306 g/mol. The number of rotatable bonds is 6. The Labute approximate surface area is 129 Å². The van der Waals surface area contributed by atoms with E-state index in [-0.39, 0.29) is 0 Å². The second-order valence-corrected chi connectivity index (χ2v) is 6.41. The third-order valence-corrected chi connectivity index (χ3v) is 4.71.